The van der Waals surface area contributed by atoms with Crippen molar-refractivity contribution in [2.75, 3.05) is 5.75 Å². The Kier molecular flexibility index (Phi) is 5.64. The Hall–Kier alpha value is -1.33. The number of fused-ring (bicyclic) bond motifs is 1. The number of unbranched alkanes of at least 4 members (excludes halogenated alkanes) is 1. The van der Waals surface area contributed by atoms with Crippen LogP contribution in [0.3, 0.4) is 0 Å². The fraction of sp³-hybridized carbons (Fsp3) is 0.529. The molecule has 1 aromatic carbocycles. The molecule has 0 fully saturated rings. The fourth-order valence-electron chi connectivity index (χ4n) is 2.16. The molecule has 0 radical (unpaired) electrons. The van der Waals surface area contributed by atoms with E-state index in [0.29, 0.717) is 18.4 Å². The summed E-state index contributed by atoms with van der Waals surface area (Å²) >= 11 is 1.55. The van der Waals surface area contributed by atoms with Crippen molar-refractivity contribution in [3.8, 4) is 0 Å². The van der Waals surface area contributed by atoms with Crippen molar-refractivity contribution in [1.29, 1.82) is 0 Å². The lowest BCUT2D eigenvalue weighted by molar-refractivity contribution is 0.0777. The zero-order chi connectivity index (χ0) is 16.2. The summed E-state index contributed by atoms with van der Waals surface area (Å²) in [5.41, 5.74) is 0.0779. The van der Waals surface area contributed by atoms with E-state index in [1.54, 1.807) is 30.2 Å². The second kappa shape index (κ2) is 7.29. The number of rotatable bonds is 7. The van der Waals surface area contributed by atoms with Crippen LogP contribution in [0.25, 0.3) is 10.9 Å². The normalized spacial score (nSPS) is 12.0. The zero-order valence-corrected chi connectivity index (χ0v) is 14.3. The maximum Gasteiger partial charge on any atom is 0.262 e. The van der Waals surface area contributed by atoms with Crippen LogP contribution in [-0.2, 0) is 6.54 Å². The van der Waals surface area contributed by atoms with Gasteiger partial charge >= 0.3 is 0 Å². The maximum absolute atomic E-state index is 12.7. The van der Waals surface area contributed by atoms with E-state index in [1.165, 1.54) is 0 Å². The zero-order valence-electron chi connectivity index (χ0n) is 13.5. The average Bonchev–Trinajstić information content (AvgIpc) is 2.45. The molecule has 2 rings (SSSR count). The van der Waals surface area contributed by atoms with Crippen molar-refractivity contribution in [3.63, 3.8) is 0 Å². The van der Waals surface area contributed by atoms with Gasteiger partial charge in [-0.2, -0.15) is 0 Å². The predicted molar refractivity (Wildman–Crippen MR) is 92.5 cm³/mol. The molecule has 4 nitrogen and oxygen atoms in total. The minimum atomic E-state index is -0.696. The van der Waals surface area contributed by atoms with Gasteiger partial charge in [-0.25, -0.2) is 4.98 Å². The van der Waals surface area contributed by atoms with E-state index in [4.69, 9.17) is 0 Å². The molecule has 1 heterocycles. The molecule has 0 saturated carbocycles. The largest absolute Gasteiger partial charge is 0.390 e. The molecule has 1 N–H and O–H groups in total. The molecule has 22 heavy (non-hydrogen) atoms. The van der Waals surface area contributed by atoms with Crippen LogP contribution in [0.4, 0.5) is 0 Å². The first-order chi connectivity index (χ1) is 10.4. The number of hydrogen-bond donors (Lipinski definition) is 1. The molecule has 0 atom stereocenters. The van der Waals surface area contributed by atoms with Gasteiger partial charge in [-0.1, -0.05) is 37.2 Å². The van der Waals surface area contributed by atoms with Gasteiger partial charge in [-0.05, 0) is 38.8 Å². The maximum atomic E-state index is 12.7. The summed E-state index contributed by atoms with van der Waals surface area (Å²) in [5, 5.41) is 11.3. The van der Waals surface area contributed by atoms with Gasteiger partial charge in [0, 0.05) is 12.3 Å². The van der Waals surface area contributed by atoms with Gasteiger partial charge in [-0.3, -0.25) is 9.36 Å². The Morgan fingerprint density at radius 2 is 2.05 bits per heavy atom. The number of para-hydroxylation sites is 1. The Morgan fingerprint density at radius 1 is 1.32 bits per heavy atom. The number of aromatic nitrogens is 2. The second-order valence-corrected chi connectivity index (χ2v) is 7.19. The molecule has 0 aliphatic heterocycles. The molecule has 0 unspecified atom stereocenters. The third-order valence-corrected chi connectivity index (χ3v) is 4.49. The lowest BCUT2D eigenvalue weighted by atomic mass is 10.1. The molecular weight excluding hydrogens is 296 g/mol. The van der Waals surface area contributed by atoms with E-state index in [0.717, 1.165) is 29.3 Å². The van der Waals surface area contributed by atoms with Gasteiger partial charge in [-0.15, -0.1) is 0 Å². The first-order valence-electron chi connectivity index (χ1n) is 7.77. The van der Waals surface area contributed by atoms with E-state index in [9.17, 15) is 9.90 Å². The van der Waals surface area contributed by atoms with Gasteiger partial charge < -0.3 is 5.11 Å². The highest BCUT2D eigenvalue weighted by Crippen LogP contribution is 2.21. The Bertz CT molecular complexity index is 689. The number of aliphatic hydroxyl groups is 1. The van der Waals surface area contributed by atoms with Crippen molar-refractivity contribution < 1.29 is 5.11 Å². The summed E-state index contributed by atoms with van der Waals surface area (Å²) in [7, 11) is 0. The van der Waals surface area contributed by atoms with Crippen LogP contribution in [0.5, 0.6) is 0 Å². The molecule has 0 aliphatic carbocycles. The van der Waals surface area contributed by atoms with Crippen LogP contribution >= 0.6 is 11.8 Å². The van der Waals surface area contributed by atoms with Crippen LogP contribution in [0.1, 0.15) is 40.0 Å². The van der Waals surface area contributed by atoms with Crippen LogP contribution in [0.15, 0.2) is 34.2 Å². The molecule has 5 heteroatoms. The van der Waals surface area contributed by atoms with Gasteiger partial charge in [0.25, 0.3) is 5.56 Å². The highest BCUT2D eigenvalue weighted by atomic mass is 32.2. The molecule has 0 amide bonds. The molecule has 0 spiro atoms. The monoisotopic (exact) mass is 320 g/mol. The first-order valence-corrected chi connectivity index (χ1v) is 8.75. The Balaban J connectivity index is 2.35. The van der Waals surface area contributed by atoms with E-state index in [2.05, 4.69) is 11.9 Å². The standard InChI is InChI=1S/C17H24N2O2S/c1-4-5-11-19-15(20)13-8-6-7-9-14(13)18-16(19)22-12-10-17(2,3)21/h6-9,21H,4-5,10-12H2,1-3H3. The quantitative estimate of drug-likeness (QED) is 0.627. The second-order valence-electron chi connectivity index (χ2n) is 6.13. The molecule has 120 valence electrons. The summed E-state index contributed by atoms with van der Waals surface area (Å²) < 4.78 is 1.78. The lowest BCUT2D eigenvalue weighted by Gasteiger charge is -2.17. The van der Waals surface area contributed by atoms with Crippen molar-refractivity contribution in [2.45, 2.75) is 57.3 Å². The summed E-state index contributed by atoms with van der Waals surface area (Å²) in [6.07, 6.45) is 2.65. The lowest BCUT2D eigenvalue weighted by Crippen LogP contribution is -2.24. The van der Waals surface area contributed by atoms with Gasteiger partial charge in [0.1, 0.15) is 0 Å². The van der Waals surface area contributed by atoms with E-state index in [1.807, 2.05) is 24.3 Å². The van der Waals surface area contributed by atoms with Crippen LogP contribution in [0.2, 0.25) is 0 Å². The Morgan fingerprint density at radius 3 is 2.73 bits per heavy atom. The highest BCUT2D eigenvalue weighted by Gasteiger charge is 2.15. The summed E-state index contributed by atoms with van der Waals surface area (Å²) in [4.78, 5) is 17.3. The van der Waals surface area contributed by atoms with Crippen LogP contribution in [-0.4, -0.2) is 26.0 Å². The average molecular weight is 320 g/mol. The minimum absolute atomic E-state index is 0.0322. The molecule has 0 bridgehead atoms. The van der Waals surface area contributed by atoms with Crippen molar-refractivity contribution in [3.05, 3.63) is 34.6 Å². The molecular formula is C17H24N2O2S. The molecule has 0 saturated heterocycles. The fourth-order valence-corrected chi connectivity index (χ4v) is 3.44. The Labute approximate surface area is 135 Å². The van der Waals surface area contributed by atoms with E-state index < -0.39 is 5.60 Å². The molecule has 2 aromatic rings. The molecule has 1 aromatic heterocycles. The number of nitrogens with zero attached hydrogens (tertiary/aromatic N) is 2. The predicted octanol–water partition coefficient (Wildman–Crippen LogP) is 3.45. The smallest absolute Gasteiger partial charge is 0.262 e. The van der Waals surface area contributed by atoms with Gasteiger partial charge in [0.2, 0.25) is 0 Å². The van der Waals surface area contributed by atoms with Crippen LogP contribution in [0, 0.1) is 0 Å². The topological polar surface area (TPSA) is 55.1 Å². The number of thioether (sulfide) groups is 1. The van der Waals surface area contributed by atoms with E-state index >= 15 is 0 Å². The minimum Gasteiger partial charge on any atom is -0.390 e. The molecule has 0 aliphatic rings. The summed E-state index contributed by atoms with van der Waals surface area (Å²) in [6, 6.07) is 7.48. The highest BCUT2D eigenvalue weighted by molar-refractivity contribution is 7.99. The van der Waals surface area contributed by atoms with E-state index in [-0.39, 0.29) is 5.56 Å². The van der Waals surface area contributed by atoms with Crippen molar-refractivity contribution in [2.24, 2.45) is 0 Å². The summed E-state index contributed by atoms with van der Waals surface area (Å²) in [6.45, 7) is 6.40. The number of hydrogen-bond acceptors (Lipinski definition) is 4. The third-order valence-electron chi connectivity index (χ3n) is 3.51. The van der Waals surface area contributed by atoms with Gasteiger partial charge in [0.05, 0.1) is 16.5 Å². The number of benzene rings is 1. The summed E-state index contributed by atoms with van der Waals surface area (Å²) in [5.74, 6) is 0.737. The van der Waals surface area contributed by atoms with Crippen LogP contribution < -0.4 is 5.56 Å². The first kappa shape index (κ1) is 17.0. The van der Waals surface area contributed by atoms with Crippen molar-refractivity contribution in [1.82, 2.24) is 9.55 Å². The van der Waals surface area contributed by atoms with Gasteiger partial charge in [0.15, 0.2) is 5.16 Å². The SMILES string of the molecule is CCCCn1c(SCCC(C)(C)O)nc2ccccc2c1=O. The van der Waals surface area contributed by atoms with Crippen molar-refractivity contribution >= 4 is 22.7 Å². The third kappa shape index (κ3) is 4.34.